The second-order valence-electron chi connectivity index (χ2n) is 5.47. The summed E-state index contributed by atoms with van der Waals surface area (Å²) >= 11 is 2.34. The van der Waals surface area contributed by atoms with Crippen molar-refractivity contribution in [1.29, 1.82) is 0 Å². The van der Waals surface area contributed by atoms with E-state index in [9.17, 15) is 0 Å². The number of alkyl halides is 1. The van der Waals surface area contributed by atoms with Crippen molar-refractivity contribution >= 4 is 45.8 Å². The lowest BCUT2D eigenvalue weighted by Gasteiger charge is -2.26. The Kier molecular flexibility index (Phi) is 6.84. The van der Waals surface area contributed by atoms with Crippen LogP contribution in [0.3, 0.4) is 0 Å². The third kappa shape index (κ3) is 4.22. The minimum absolute atomic E-state index is 0.704. The van der Waals surface area contributed by atoms with Crippen LogP contribution in [0.2, 0.25) is 0 Å². The van der Waals surface area contributed by atoms with Crippen molar-refractivity contribution in [2.24, 2.45) is 0 Å². The Balaban J connectivity index is 2.13. The predicted octanol–water partition coefficient (Wildman–Crippen LogP) is 2.62. The van der Waals surface area contributed by atoms with Gasteiger partial charge in [0.2, 0.25) is 0 Å². The van der Waals surface area contributed by atoms with Gasteiger partial charge in [0, 0.05) is 23.0 Å². The minimum Gasteiger partial charge on any atom is -0.377 e. The predicted molar refractivity (Wildman–Crippen MR) is 113 cm³/mol. The molecule has 0 aliphatic rings. The van der Waals surface area contributed by atoms with Crippen LogP contribution in [0.1, 0.15) is 0 Å². The Morgan fingerprint density at radius 3 is 1.60 bits per heavy atom. The van der Waals surface area contributed by atoms with Gasteiger partial charge in [-0.2, -0.15) is 0 Å². The molecular weight excluding hydrogens is 448 g/mol. The standard InChI is InChI=1S/C19H20IN3OP/c20-7-11-24-12-13-25(17-4-1-8-21-14-17,18-5-2-9-22-15-18)19-6-3-10-23-16-19/h1-6,8-10,14-16H,7,11-13H2/q+1/i20+4. The Morgan fingerprint density at radius 1 is 0.760 bits per heavy atom. The van der Waals surface area contributed by atoms with Gasteiger partial charge in [0.15, 0.2) is 0 Å². The summed E-state index contributed by atoms with van der Waals surface area (Å²) in [5, 5.41) is 3.69. The molecule has 0 unspecified atom stereocenters. The number of ether oxygens (including phenoxy) is 1. The Bertz CT molecular complexity index is 663. The highest BCUT2D eigenvalue weighted by molar-refractivity contribution is 14.1. The Morgan fingerprint density at radius 2 is 1.24 bits per heavy atom. The summed E-state index contributed by atoms with van der Waals surface area (Å²) < 4.78 is 6.86. The zero-order valence-corrected chi connectivity index (χ0v) is 16.9. The highest BCUT2D eigenvalue weighted by Gasteiger charge is 2.45. The first kappa shape index (κ1) is 18.4. The second-order valence-corrected chi connectivity index (χ2v) is 10.2. The van der Waals surface area contributed by atoms with Crippen molar-refractivity contribution in [2.75, 3.05) is 23.8 Å². The van der Waals surface area contributed by atoms with Crippen LogP contribution in [0, 0.1) is 0 Å². The molecule has 25 heavy (non-hydrogen) atoms. The van der Waals surface area contributed by atoms with Gasteiger partial charge in [-0.1, -0.05) is 22.6 Å². The lowest BCUT2D eigenvalue weighted by atomic mass is 10.5. The number of hydrogen-bond acceptors (Lipinski definition) is 4. The monoisotopic (exact) mass is 468 g/mol. The normalized spacial score (nSPS) is 11.4. The van der Waals surface area contributed by atoms with E-state index in [1.54, 1.807) is 0 Å². The number of halogens is 1. The van der Waals surface area contributed by atoms with Gasteiger partial charge >= 0.3 is 0 Å². The third-order valence-corrected chi connectivity index (χ3v) is 8.78. The lowest BCUT2D eigenvalue weighted by Crippen LogP contribution is -2.35. The van der Waals surface area contributed by atoms with Crippen LogP contribution < -0.4 is 15.9 Å². The van der Waals surface area contributed by atoms with Crippen molar-refractivity contribution < 1.29 is 4.74 Å². The topological polar surface area (TPSA) is 47.9 Å². The highest BCUT2D eigenvalue weighted by Crippen LogP contribution is 2.54. The van der Waals surface area contributed by atoms with Crippen molar-refractivity contribution in [1.82, 2.24) is 15.0 Å². The molecule has 0 aliphatic carbocycles. The fourth-order valence-corrected chi connectivity index (χ4v) is 7.13. The number of nitrogens with zero attached hydrogens (tertiary/aromatic N) is 3. The van der Waals surface area contributed by atoms with Gasteiger partial charge in [0.25, 0.3) is 0 Å². The first-order valence-corrected chi connectivity index (χ1v) is 11.6. The van der Waals surface area contributed by atoms with E-state index in [1.807, 2.05) is 55.4 Å². The molecule has 3 rings (SSSR count). The fraction of sp³-hybridized carbons (Fsp3) is 0.211. The summed E-state index contributed by atoms with van der Waals surface area (Å²) in [5.41, 5.74) is 0. The summed E-state index contributed by atoms with van der Waals surface area (Å²) in [6, 6.07) is 12.5. The van der Waals surface area contributed by atoms with Gasteiger partial charge in [-0.05, 0) is 36.4 Å². The summed E-state index contributed by atoms with van der Waals surface area (Å²) in [6.45, 7) is 1.48. The van der Waals surface area contributed by atoms with Crippen molar-refractivity contribution in [3.63, 3.8) is 0 Å². The highest BCUT2D eigenvalue weighted by atomic mass is 131. The van der Waals surface area contributed by atoms with Crippen LogP contribution in [-0.2, 0) is 4.74 Å². The molecule has 3 aromatic heterocycles. The van der Waals surface area contributed by atoms with Crippen LogP contribution in [0.4, 0.5) is 0 Å². The summed E-state index contributed by atoms with van der Waals surface area (Å²) in [5.74, 6) is 0. The molecule has 0 amide bonds. The van der Waals surface area contributed by atoms with Crippen molar-refractivity contribution in [3.8, 4) is 0 Å². The lowest BCUT2D eigenvalue weighted by molar-refractivity contribution is 0.168. The van der Waals surface area contributed by atoms with Gasteiger partial charge < -0.3 is 4.74 Å². The van der Waals surface area contributed by atoms with E-state index in [2.05, 4.69) is 55.7 Å². The van der Waals surface area contributed by atoms with Crippen LogP contribution in [0.5, 0.6) is 0 Å². The minimum atomic E-state index is -1.91. The summed E-state index contributed by atoms with van der Waals surface area (Å²) in [4.78, 5) is 13.2. The maximum absolute atomic E-state index is 5.86. The average molecular weight is 468 g/mol. The molecule has 128 valence electrons. The van der Waals surface area contributed by atoms with Crippen molar-refractivity contribution in [3.05, 3.63) is 73.6 Å². The quantitative estimate of drug-likeness (QED) is 0.221. The van der Waals surface area contributed by atoms with Crippen molar-refractivity contribution in [2.45, 2.75) is 0 Å². The third-order valence-electron chi connectivity index (χ3n) is 4.05. The van der Waals surface area contributed by atoms with Gasteiger partial charge in [0.05, 0.1) is 38.0 Å². The molecule has 3 aromatic rings. The molecule has 4 nitrogen and oxygen atoms in total. The smallest absolute Gasteiger partial charge is 0.123 e. The fourth-order valence-electron chi connectivity index (χ4n) is 2.93. The van der Waals surface area contributed by atoms with Crippen LogP contribution in [0.15, 0.2) is 73.6 Å². The van der Waals surface area contributed by atoms with Crippen LogP contribution in [0.25, 0.3) is 0 Å². The second kappa shape index (κ2) is 9.32. The molecule has 0 atom stereocenters. The van der Waals surface area contributed by atoms with E-state index in [0.29, 0.717) is 6.61 Å². The molecule has 0 saturated heterocycles. The van der Waals surface area contributed by atoms with Crippen LogP contribution >= 0.6 is 29.9 Å². The van der Waals surface area contributed by atoms with Gasteiger partial charge in [0.1, 0.15) is 23.2 Å². The average Bonchev–Trinajstić information content (AvgIpc) is 2.70. The summed E-state index contributed by atoms with van der Waals surface area (Å²) in [7, 11) is -1.91. The number of hydrogen-bond donors (Lipinski definition) is 0. The maximum atomic E-state index is 5.86. The first-order chi connectivity index (χ1) is 12.4. The van der Waals surface area contributed by atoms with E-state index in [1.165, 1.54) is 15.9 Å². The van der Waals surface area contributed by atoms with Gasteiger partial charge in [-0.15, -0.1) is 0 Å². The van der Waals surface area contributed by atoms with Crippen LogP contribution in [-0.4, -0.2) is 38.8 Å². The van der Waals surface area contributed by atoms with Gasteiger partial charge in [-0.25, -0.2) is 0 Å². The number of pyridine rings is 3. The molecular formula is C19H20IN3OP+. The van der Waals surface area contributed by atoms with E-state index in [4.69, 9.17) is 4.74 Å². The zero-order chi connectivity index (χ0) is 17.4. The molecule has 0 N–H and O–H groups in total. The number of aromatic nitrogens is 3. The molecule has 3 heterocycles. The van der Waals surface area contributed by atoms with E-state index in [-0.39, 0.29) is 0 Å². The van der Waals surface area contributed by atoms with E-state index >= 15 is 0 Å². The molecule has 0 aromatic carbocycles. The Labute approximate surface area is 162 Å². The Hall–Kier alpha value is -1.43. The largest absolute Gasteiger partial charge is 0.377 e. The molecule has 0 spiro atoms. The van der Waals surface area contributed by atoms with E-state index < -0.39 is 7.26 Å². The molecule has 0 bridgehead atoms. The molecule has 0 aliphatic heterocycles. The number of rotatable bonds is 8. The van der Waals surface area contributed by atoms with E-state index in [0.717, 1.165) is 17.2 Å². The maximum Gasteiger partial charge on any atom is 0.123 e. The molecule has 0 fully saturated rings. The summed E-state index contributed by atoms with van der Waals surface area (Å²) in [6.07, 6.45) is 12.3. The van der Waals surface area contributed by atoms with Gasteiger partial charge in [-0.3, -0.25) is 15.0 Å². The first-order valence-electron chi connectivity index (χ1n) is 8.11. The SMILES string of the molecule is [131I]CCOCC[P+](c1cccnc1)(c1cccnc1)c1cccnc1. The zero-order valence-electron chi connectivity index (χ0n) is 13.8. The molecule has 6 heteroatoms. The molecule has 0 radical (unpaired) electrons. The molecule has 0 saturated carbocycles.